The van der Waals surface area contributed by atoms with Crippen molar-refractivity contribution in [1.29, 1.82) is 0 Å². The first-order valence-corrected chi connectivity index (χ1v) is 9.10. The Morgan fingerprint density at radius 3 is 2.57 bits per heavy atom. The Labute approximate surface area is 164 Å². The van der Waals surface area contributed by atoms with Gasteiger partial charge in [-0.2, -0.15) is 0 Å². The lowest BCUT2D eigenvalue weighted by molar-refractivity contribution is 0.0936. The highest BCUT2D eigenvalue weighted by molar-refractivity contribution is 5.91. The van der Waals surface area contributed by atoms with Crippen molar-refractivity contribution >= 4 is 5.91 Å². The highest BCUT2D eigenvalue weighted by atomic mass is 16.5. The van der Waals surface area contributed by atoms with E-state index in [9.17, 15) is 4.79 Å². The molecular weight excluding hydrogens is 354 g/mol. The Hall–Kier alpha value is -3.19. The number of methoxy groups -OCH3 is 1. The number of ether oxygens (including phenoxy) is 1. The van der Waals surface area contributed by atoms with Crippen LogP contribution in [0.1, 0.15) is 27.7 Å². The predicted octanol–water partition coefficient (Wildman–Crippen LogP) is 2.37. The lowest BCUT2D eigenvalue weighted by Gasteiger charge is -2.26. The van der Waals surface area contributed by atoms with Gasteiger partial charge in [-0.05, 0) is 25.7 Å². The van der Waals surface area contributed by atoms with Crippen molar-refractivity contribution in [3.63, 3.8) is 0 Å². The van der Waals surface area contributed by atoms with Gasteiger partial charge in [-0.25, -0.2) is 4.68 Å². The van der Waals surface area contributed by atoms with E-state index in [2.05, 4.69) is 15.6 Å². The zero-order valence-corrected chi connectivity index (χ0v) is 16.4. The summed E-state index contributed by atoms with van der Waals surface area (Å²) in [5.41, 5.74) is 2.42. The van der Waals surface area contributed by atoms with E-state index < -0.39 is 0 Å². The molecule has 1 heterocycles. The van der Waals surface area contributed by atoms with Crippen molar-refractivity contribution in [3.05, 3.63) is 77.6 Å². The second-order valence-electron chi connectivity index (χ2n) is 6.72. The molecular formula is C21H25N5O2. The smallest absolute Gasteiger partial charge is 0.273 e. The molecule has 7 nitrogen and oxygen atoms in total. The molecule has 1 aromatic heterocycles. The van der Waals surface area contributed by atoms with Crippen LogP contribution in [0.5, 0.6) is 5.75 Å². The number of nitrogens with zero attached hydrogens (tertiary/aromatic N) is 4. The third kappa shape index (κ3) is 4.75. The molecule has 3 aromatic rings. The fourth-order valence-corrected chi connectivity index (χ4v) is 3.04. The van der Waals surface area contributed by atoms with Crippen LogP contribution in [0.15, 0.2) is 60.8 Å². The fourth-order valence-electron chi connectivity index (χ4n) is 3.04. The van der Waals surface area contributed by atoms with Crippen LogP contribution in [0.2, 0.25) is 0 Å². The van der Waals surface area contributed by atoms with Gasteiger partial charge in [0.15, 0.2) is 5.69 Å². The largest absolute Gasteiger partial charge is 0.496 e. The van der Waals surface area contributed by atoms with Crippen LogP contribution >= 0.6 is 0 Å². The predicted molar refractivity (Wildman–Crippen MR) is 107 cm³/mol. The molecule has 3 rings (SSSR count). The van der Waals surface area contributed by atoms with Crippen LogP contribution in [0.4, 0.5) is 0 Å². The summed E-state index contributed by atoms with van der Waals surface area (Å²) in [5, 5.41) is 11.0. The van der Waals surface area contributed by atoms with Crippen molar-refractivity contribution in [2.45, 2.75) is 12.6 Å². The minimum absolute atomic E-state index is 0.0283. The summed E-state index contributed by atoms with van der Waals surface area (Å²) in [6.07, 6.45) is 1.66. The summed E-state index contributed by atoms with van der Waals surface area (Å²) in [7, 11) is 5.59. The molecule has 7 heteroatoms. The molecule has 2 aromatic carbocycles. The molecule has 0 radical (unpaired) electrons. The molecule has 0 bridgehead atoms. The molecule has 0 saturated heterocycles. The molecule has 1 N–H and O–H groups in total. The van der Waals surface area contributed by atoms with Gasteiger partial charge in [0.05, 0.1) is 25.9 Å². The van der Waals surface area contributed by atoms with Crippen LogP contribution in [0.25, 0.3) is 0 Å². The number of hydrogen-bond donors (Lipinski definition) is 1. The Morgan fingerprint density at radius 1 is 1.14 bits per heavy atom. The highest BCUT2D eigenvalue weighted by Gasteiger charge is 2.20. The molecule has 0 aliphatic rings. The summed E-state index contributed by atoms with van der Waals surface area (Å²) in [6.45, 7) is 1.00. The van der Waals surface area contributed by atoms with Gasteiger partial charge in [0, 0.05) is 12.1 Å². The van der Waals surface area contributed by atoms with Crippen LogP contribution < -0.4 is 10.1 Å². The number of amides is 1. The average Bonchev–Trinajstić information content (AvgIpc) is 3.17. The lowest BCUT2D eigenvalue weighted by Crippen LogP contribution is -2.35. The van der Waals surface area contributed by atoms with E-state index in [1.165, 1.54) is 0 Å². The molecule has 1 amide bonds. The van der Waals surface area contributed by atoms with Gasteiger partial charge in [0.2, 0.25) is 0 Å². The number of carbonyl (C=O) groups excluding carboxylic acids is 1. The average molecular weight is 379 g/mol. The topological polar surface area (TPSA) is 72.3 Å². The van der Waals surface area contributed by atoms with Crippen molar-refractivity contribution in [3.8, 4) is 5.75 Å². The zero-order chi connectivity index (χ0) is 19.9. The Balaban J connectivity index is 1.65. The number of carbonyl (C=O) groups is 1. The minimum Gasteiger partial charge on any atom is -0.496 e. The maximum atomic E-state index is 12.5. The SMILES string of the molecule is COc1ccccc1C(CNC(=O)c1cn(Cc2ccccc2)nn1)N(C)C. The third-order valence-corrected chi connectivity index (χ3v) is 4.54. The van der Waals surface area contributed by atoms with E-state index in [1.807, 2.05) is 73.6 Å². The van der Waals surface area contributed by atoms with E-state index in [-0.39, 0.29) is 11.9 Å². The Bertz CT molecular complexity index is 908. The molecule has 1 unspecified atom stereocenters. The monoisotopic (exact) mass is 379 g/mol. The molecule has 0 saturated carbocycles. The summed E-state index contributed by atoms with van der Waals surface area (Å²) in [4.78, 5) is 14.6. The first-order chi connectivity index (χ1) is 13.6. The second-order valence-corrected chi connectivity index (χ2v) is 6.72. The molecule has 0 aliphatic carbocycles. The van der Waals surface area contributed by atoms with Crippen LogP contribution in [0.3, 0.4) is 0 Å². The van der Waals surface area contributed by atoms with Crippen molar-refractivity contribution in [2.75, 3.05) is 27.7 Å². The van der Waals surface area contributed by atoms with Gasteiger partial charge < -0.3 is 15.0 Å². The van der Waals surface area contributed by atoms with Crippen molar-refractivity contribution in [2.24, 2.45) is 0 Å². The first-order valence-electron chi connectivity index (χ1n) is 9.10. The molecule has 28 heavy (non-hydrogen) atoms. The number of hydrogen-bond acceptors (Lipinski definition) is 5. The number of nitrogens with one attached hydrogen (secondary N) is 1. The summed E-state index contributed by atoms with van der Waals surface area (Å²) >= 11 is 0. The standard InChI is InChI=1S/C21H25N5O2/c1-25(2)19(17-11-7-8-12-20(17)28-3)13-22-21(27)18-15-26(24-23-18)14-16-9-5-4-6-10-16/h4-12,15,19H,13-14H2,1-3H3,(H,22,27). The van der Waals surface area contributed by atoms with Gasteiger partial charge in [-0.15, -0.1) is 5.10 Å². The van der Waals surface area contributed by atoms with Gasteiger partial charge in [-0.1, -0.05) is 53.7 Å². The van der Waals surface area contributed by atoms with Gasteiger partial charge in [0.1, 0.15) is 5.75 Å². The maximum Gasteiger partial charge on any atom is 0.273 e. The van der Waals surface area contributed by atoms with Crippen molar-refractivity contribution < 1.29 is 9.53 Å². The van der Waals surface area contributed by atoms with Crippen molar-refractivity contribution in [1.82, 2.24) is 25.2 Å². The van der Waals surface area contributed by atoms with Gasteiger partial charge in [0.25, 0.3) is 5.91 Å². The van der Waals surface area contributed by atoms with E-state index in [4.69, 9.17) is 4.74 Å². The zero-order valence-electron chi connectivity index (χ0n) is 16.4. The third-order valence-electron chi connectivity index (χ3n) is 4.54. The van der Waals surface area contributed by atoms with E-state index >= 15 is 0 Å². The van der Waals surface area contributed by atoms with Gasteiger partial charge >= 0.3 is 0 Å². The normalized spacial score (nSPS) is 12.0. The lowest BCUT2D eigenvalue weighted by atomic mass is 10.0. The number of para-hydroxylation sites is 1. The molecule has 0 aliphatic heterocycles. The number of likely N-dealkylation sites (N-methyl/N-ethyl adjacent to an activating group) is 1. The maximum absolute atomic E-state index is 12.5. The van der Waals surface area contributed by atoms with Gasteiger partial charge in [-0.3, -0.25) is 4.79 Å². The molecule has 1 atom stereocenters. The van der Waals surface area contributed by atoms with Crippen LogP contribution in [-0.2, 0) is 6.54 Å². The van der Waals surface area contributed by atoms with E-state index in [1.54, 1.807) is 18.0 Å². The second kappa shape index (κ2) is 9.14. The van der Waals surface area contributed by atoms with Crippen LogP contribution in [0, 0.1) is 0 Å². The summed E-state index contributed by atoms with van der Waals surface area (Å²) in [6, 6.07) is 17.7. The summed E-state index contributed by atoms with van der Waals surface area (Å²) in [5.74, 6) is 0.547. The summed E-state index contributed by atoms with van der Waals surface area (Å²) < 4.78 is 7.12. The minimum atomic E-state index is -0.249. The van der Waals surface area contributed by atoms with E-state index in [0.717, 1.165) is 16.9 Å². The number of benzene rings is 2. The van der Waals surface area contributed by atoms with Crippen LogP contribution in [-0.4, -0.2) is 53.6 Å². The highest BCUT2D eigenvalue weighted by Crippen LogP contribution is 2.27. The number of aromatic nitrogens is 3. The fraction of sp³-hybridized carbons (Fsp3) is 0.286. The molecule has 0 fully saturated rings. The Morgan fingerprint density at radius 2 is 1.86 bits per heavy atom. The quantitative estimate of drug-likeness (QED) is 0.651. The Kier molecular flexibility index (Phi) is 6.39. The first kappa shape index (κ1) is 19.6. The molecule has 0 spiro atoms. The number of rotatable bonds is 8. The van der Waals surface area contributed by atoms with E-state index in [0.29, 0.717) is 18.8 Å². The molecule has 146 valence electrons.